The first-order valence-electron chi connectivity index (χ1n) is 8.63. The average Bonchev–Trinajstić information content (AvgIpc) is 2.72. The van der Waals surface area contributed by atoms with E-state index in [9.17, 15) is 18.0 Å². The van der Waals surface area contributed by atoms with E-state index in [4.69, 9.17) is 21.1 Å². The van der Waals surface area contributed by atoms with Crippen molar-refractivity contribution in [1.82, 2.24) is 5.43 Å². The zero-order valence-corrected chi connectivity index (χ0v) is 18.4. The molecule has 0 radical (unpaired) electrons. The largest absolute Gasteiger partial charge is 0.513 e. The molecule has 2 rings (SSSR count). The summed E-state index contributed by atoms with van der Waals surface area (Å²) < 4.78 is 39.6. The number of anilines is 1. The minimum atomic E-state index is -3.77. The molecule has 0 spiro atoms. The smallest absolute Gasteiger partial charge is 0.493 e. The molecule has 12 heteroatoms. The average molecular weight is 470 g/mol. The van der Waals surface area contributed by atoms with Gasteiger partial charge in [-0.3, -0.25) is 9.10 Å². The van der Waals surface area contributed by atoms with Gasteiger partial charge in [0.25, 0.3) is 5.91 Å². The van der Waals surface area contributed by atoms with Crippen LogP contribution in [0.5, 0.6) is 11.5 Å². The van der Waals surface area contributed by atoms with Gasteiger partial charge < -0.3 is 14.2 Å². The second-order valence-electron chi connectivity index (χ2n) is 5.98. The fourth-order valence-electron chi connectivity index (χ4n) is 2.36. The van der Waals surface area contributed by atoms with Gasteiger partial charge in [-0.15, -0.1) is 0 Å². The monoisotopic (exact) mass is 469 g/mol. The Labute approximate surface area is 184 Å². The number of hydrazone groups is 1. The SMILES string of the molecule is COC(=O)Oc1ccc(/C=N\NC(=O)CN(c2ccccc2Cl)S(C)(=O)=O)cc1OC. The van der Waals surface area contributed by atoms with Gasteiger partial charge in [0.05, 0.1) is 37.4 Å². The molecule has 0 atom stereocenters. The van der Waals surface area contributed by atoms with Gasteiger partial charge in [0.2, 0.25) is 10.0 Å². The quantitative estimate of drug-likeness (QED) is 0.272. The molecule has 0 aromatic heterocycles. The number of carbonyl (C=O) groups excluding carboxylic acids is 2. The molecule has 2 aromatic carbocycles. The van der Waals surface area contributed by atoms with Gasteiger partial charge in [0.1, 0.15) is 6.54 Å². The van der Waals surface area contributed by atoms with Crippen LogP contribution in [0, 0.1) is 0 Å². The van der Waals surface area contributed by atoms with Crippen LogP contribution in [0.2, 0.25) is 5.02 Å². The number of benzene rings is 2. The lowest BCUT2D eigenvalue weighted by atomic mass is 10.2. The van der Waals surface area contributed by atoms with Crippen LogP contribution in [0.25, 0.3) is 0 Å². The number of nitrogens with one attached hydrogen (secondary N) is 1. The lowest BCUT2D eigenvalue weighted by Gasteiger charge is -2.22. The van der Waals surface area contributed by atoms with Crippen molar-refractivity contribution in [2.45, 2.75) is 0 Å². The zero-order chi connectivity index (χ0) is 23.0. The number of amides is 1. The predicted octanol–water partition coefficient (Wildman–Crippen LogP) is 2.41. The Balaban J connectivity index is 2.09. The summed E-state index contributed by atoms with van der Waals surface area (Å²) in [6.07, 6.45) is 1.38. The molecule has 0 saturated carbocycles. The molecular weight excluding hydrogens is 450 g/mol. The van der Waals surface area contributed by atoms with E-state index in [2.05, 4.69) is 15.3 Å². The molecule has 0 bridgehead atoms. The van der Waals surface area contributed by atoms with Crippen molar-refractivity contribution in [2.75, 3.05) is 31.3 Å². The number of halogens is 1. The molecule has 10 nitrogen and oxygen atoms in total. The van der Waals surface area contributed by atoms with Gasteiger partial charge in [0, 0.05) is 0 Å². The van der Waals surface area contributed by atoms with Crippen LogP contribution >= 0.6 is 11.6 Å². The summed E-state index contributed by atoms with van der Waals surface area (Å²) in [7, 11) is -1.21. The van der Waals surface area contributed by atoms with E-state index >= 15 is 0 Å². The van der Waals surface area contributed by atoms with E-state index in [1.807, 2.05) is 0 Å². The topological polar surface area (TPSA) is 124 Å². The van der Waals surface area contributed by atoms with Crippen molar-refractivity contribution < 1.29 is 32.2 Å². The van der Waals surface area contributed by atoms with Crippen LogP contribution in [0.15, 0.2) is 47.6 Å². The Kier molecular flexibility index (Phi) is 8.22. The van der Waals surface area contributed by atoms with Crippen molar-refractivity contribution >= 4 is 45.6 Å². The van der Waals surface area contributed by atoms with E-state index in [0.717, 1.165) is 10.6 Å². The highest BCUT2D eigenvalue weighted by molar-refractivity contribution is 7.92. The molecule has 166 valence electrons. The molecule has 0 aliphatic carbocycles. The van der Waals surface area contributed by atoms with E-state index in [1.165, 1.54) is 44.7 Å². The molecule has 1 amide bonds. The number of sulfonamides is 1. The number of nitrogens with zero attached hydrogens (tertiary/aromatic N) is 2. The molecule has 0 heterocycles. The first-order chi connectivity index (χ1) is 14.7. The number of ether oxygens (including phenoxy) is 3. The zero-order valence-electron chi connectivity index (χ0n) is 16.9. The highest BCUT2D eigenvalue weighted by Crippen LogP contribution is 2.28. The second-order valence-corrected chi connectivity index (χ2v) is 8.29. The minimum absolute atomic E-state index is 0.138. The number of methoxy groups -OCH3 is 2. The van der Waals surface area contributed by atoms with Gasteiger partial charge in [-0.25, -0.2) is 18.6 Å². The van der Waals surface area contributed by atoms with Crippen LogP contribution in [0.4, 0.5) is 10.5 Å². The summed E-state index contributed by atoms with van der Waals surface area (Å²) in [6.45, 7) is -0.519. The first kappa shape index (κ1) is 24.0. The van der Waals surface area contributed by atoms with Gasteiger partial charge in [0.15, 0.2) is 11.5 Å². The lowest BCUT2D eigenvalue weighted by Crippen LogP contribution is -2.39. The minimum Gasteiger partial charge on any atom is -0.493 e. The van der Waals surface area contributed by atoms with Crippen molar-refractivity contribution in [1.29, 1.82) is 0 Å². The Bertz CT molecular complexity index is 1090. The van der Waals surface area contributed by atoms with Crippen LogP contribution in [-0.4, -0.2) is 53.7 Å². The highest BCUT2D eigenvalue weighted by Gasteiger charge is 2.22. The Morgan fingerprint density at radius 2 is 1.87 bits per heavy atom. The molecule has 0 saturated heterocycles. The molecule has 2 aromatic rings. The third kappa shape index (κ3) is 6.86. The maximum absolute atomic E-state index is 12.2. The number of hydrogen-bond donors (Lipinski definition) is 1. The van der Waals surface area contributed by atoms with Gasteiger partial charge in [-0.05, 0) is 35.9 Å². The maximum atomic E-state index is 12.2. The normalized spacial score (nSPS) is 11.1. The van der Waals surface area contributed by atoms with Crippen LogP contribution in [-0.2, 0) is 19.6 Å². The lowest BCUT2D eigenvalue weighted by molar-refractivity contribution is -0.119. The van der Waals surface area contributed by atoms with Gasteiger partial charge in [-0.1, -0.05) is 23.7 Å². The fraction of sp³-hybridized carbons (Fsp3) is 0.211. The maximum Gasteiger partial charge on any atom is 0.513 e. The molecule has 0 aliphatic heterocycles. The highest BCUT2D eigenvalue weighted by atomic mass is 35.5. The third-order valence-corrected chi connectivity index (χ3v) is 5.21. The Morgan fingerprint density at radius 3 is 2.48 bits per heavy atom. The van der Waals surface area contributed by atoms with E-state index in [1.54, 1.807) is 18.2 Å². The molecular formula is C19H20ClN3O7S. The summed E-state index contributed by atoms with van der Waals surface area (Å²) in [5.74, 6) is -0.305. The van der Waals surface area contributed by atoms with Gasteiger partial charge in [-0.2, -0.15) is 5.10 Å². The number of para-hydroxylation sites is 1. The van der Waals surface area contributed by atoms with Crippen LogP contribution < -0.4 is 19.2 Å². The second kappa shape index (κ2) is 10.6. The van der Waals surface area contributed by atoms with Crippen LogP contribution in [0.3, 0.4) is 0 Å². The third-order valence-electron chi connectivity index (χ3n) is 3.76. The van der Waals surface area contributed by atoms with Gasteiger partial charge >= 0.3 is 6.16 Å². The molecule has 0 unspecified atom stereocenters. The van der Waals surface area contributed by atoms with Crippen LogP contribution in [0.1, 0.15) is 5.56 Å². The number of carbonyl (C=O) groups is 2. The summed E-state index contributed by atoms with van der Waals surface area (Å²) in [5, 5.41) is 3.99. The Morgan fingerprint density at radius 1 is 1.16 bits per heavy atom. The number of hydrogen-bond acceptors (Lipinski definition) is 8. The molecule has 31 heavy (non-hydrogen) atoms. The summed E-state index contributed by atoms with van der Waals surface area (Å²) in [5.41, 5.74) is 2.94. The Hall–Kier alpha value is -3.31. The predicted molar refractivity (Wildman–Crippen MR) is 115 cm³/mol. The standard InChI is InChI=1S/C19H20ClN3O7S/c1-28-17-10-13(8-9-16(17)30-19(25)29-2)11-21-22-18(24)12-23(31(3,26)27)15-7-5-4-6-14(15)20/h4-11H,12H2,1-3H3,(H,22,24)/b21-11-. The molecule has 1 N–H and O–H groups in total. The van der Waals surface area contributed by atoms with Crippen molar-refractivity contribution in [3.8, 4) is 11.5 Å². The van der Waals surface area contributed by atoms with E-state index in [0.29, 0.717) is 5.56 Å². The molecule has 0 fully saturated rings. The fourth-order valence-corrected chi connectivity index (χ4v) is 3.52. The first-order valence-corrected chi connectivity index (χ1v) is 10.9. The van der Waals surface area contributed by atoms with E-state index in [-0.39, 0.29) is 22.2 Å². The summed E-state index contributed by atoms with van der Waals surface area (Å²) in [4.78, 5) is 23.5. The summed E-state index contributed by atoms with van der Waals surface area (Å²) >= 11 is 6.06. The summed E-state index contributed by atoms with van der Waals surface area (Å²) in [6, 6.07) is 10.8. The van der Waals surface area contributed by atoms with Crippen molar-refractivity contribution in [3.05, 3.63) is 53.1 Å². The number of rotatable bonds is 8. The van der Waals surface area contributed by atoms with E-state index < -0.39 is 28.6 Å². The van der Waals surface area contributed by atoms with Crippen molar-refractivity contribution in [2.24, 2.45) is 5.10 Å². The molecule has 0 aliphatic rings. The van der Waals surface area contributed by atoms with Crippen molar-refractivity contribution in [3.63, 3.8) is 0 Å².